The van der Waals surface area contributed by atoms with Gasteiger partial charge in [0, 0.05) is 15.8 Å². The summed E-state index contributed by atoms with van der Waals surface area (Å²) in [5.41, 5.74) is 2.03. The smallest absolute Gasteiger partial charge is 0.267 e. The summed E-state index contributed by atoms with van der Waals surface area (Å²) in [6, 6.07) is 15.7. The van der Waals surface area contributed by atoms with Crippen LogP contribution in [-0.4, -0.2) is 5.91 Å². The van der Waals surface area contributed by atoms with Crippen molar-refractivity contribution in [1.29, 1.82) is 0 Å². The van der Waals surface area contributed by atoms with Crippen LogP contribution in [0.2, 0.25) is 5.02 Å². The molecule has 3 rings (SSSR count). The summed E-state index contributed by atoms with van der Waals surface area (Å²) in [5, 5.41) is 4.36. The zero-order valence-electron chi connectivity index (χ0n) is 12.4. The van der Waals surface area contributed by atoms with Gasteiger partial charge in [-0.3, -0.25) is 4.79 Å². The van der Waals surface area contributed by atoms with E-state index in [4.69, 9.17) is 11.6 Å². The maximum atomic E-state index is 12.4. The molecule has 1 amide bonds. The number of halogens is 1. The van der Waals surface area contributed by atoms with Crippen molar-refractivity contribution in [3.8, 4) is 0 Å². The van der Waals surface area contributed by atoms with E-state index in [-0.39, 0.29) is 5.91 Å². The lowest BCUT2D eigenvalue weighted by Crippen LogP contribution is -2.10. The number of benzene rings is 2. The van der Waals surface area contributed by atoms with Crippen LogP contribution in [0.3, 0.4) is 0 Å². The van der Waals surface area contributed by atoms with E-state index in [1.807, 2.05) is 48.5 Å². The van der Waals surface area contributed by atoms with Crippen LogP contribution in [0.5, 0.6) is 0 Å². The van der Waals surface area contributed by atoms with Crippen LogP contribution in [0, 0.1) is 0 Å². The monoisotopic (exact) mass is 329 g/mol. The highest BCUT2D eigenvalue weighted by Gasteiger charge is 2.16. The van der Waals surface area contributed by atoms with Crippen LogP contribution in [-0.2, 0) is 0 Å². The molecule has 112 valence electrons. The van der Waals surface area contributed by atoms with Crippen LogP contribution in [0.1, 0.15) is 35.0 Å². The van der Waals surface area contributed by atoms with Gasteiger partial charge in [0.25, 0.3) is 5.91 Å². The number of amides is 1. The molecule has 0 spiro atoms. The summed E-state index contributed by atoms with van der Waals surface area (Å²) in [5.74, 6) is 0.310. The fourth-order valence-corrected chi connectivity index (χ4v) is 3.71. The second kappa shape index (κ2) is 6.11. The van der Waals surface area contributed by atoms with E-state index in [1.54, 1.807) is 0 Å². The van der Waals surface area contributed by atoms with Gasteiger partial charge < -0.3 is 5.32 Å². The van der Waals surface area contributed by atoms with Crippen molar-refractivity contribution in [3.63, 3.8) is 0 Å². The van der Waals surface area contributed by atoms with E-state index >= 15 is 0 Å². The summed E-state index contributed by atoms with van der Waals surface area (Å²) >= 11 is 7.75. The summed E-state index contributed by atoms with van der Waals surface area (Å²) < 4.78 is 1.02. The number of nitrogens with one attached hydrogen (secondary N) is 1. The number of hydrogen-bond donors (Lipinski definition) is 1. The SMILES string of the molecule is CC(C)c1ccc(NC(=O)c2sc3ccccc3c2Cl)cc1. The predicted octanol–water partition coefficient (Wildman–Crippen LogP) is 5.93. The number of rotatable bonds is 3. The Morgan fingerprint density at radius 3 is 2.41 bits per heavy atom. The molecule has 1 N–H and O–H groups in total. The summed E-state index contributed by atoms with van der Waals surface area (Å²) in [6.45, 7) is 4.29. The first-order valence-electron chi connectivity index (χ1n) is 7.14. The third kappa shape index (κ3) is 2.87. The highest BCUT2D eigenvalue weighted by Crippen LogP contribution is 2.35. The largest absolute Gasteiger partial charge is 0.321 e. The van der Waals surface area contributed by atoms with Gasteiger partial charge in [0.1, 0.15) is 4.88 Å². The van der Waals surface area contributed by atoms with Gasteiger partial charge in [0.05, 0.1) is 5.02 Å². The molecule has 2 nitrogen and oxygen atoms in total. The topological polar surface area (TPSA) is 29.1 Å². The van der Waals surface area contributed by atoms with Crippen molar-refractivity contribution < 1.29 is 4.79 Å². The minimum atomic E-state index is -0.163. The van der Waals surface area contributed by atoms with E-state index in [1.165, 1.54) is 16.9 Å². The van der Waals surface area contributed by atoms with E-state index in [9.17, 15) is 4.79 Å². The Kier molecular flexibility index (Phi) is 4.19. The van der Waals surface area contributed by atoms with Gasteiger partial charge in [-0.1, -0.05) is 55.8 Å². The Morgan fingerprint density at radius 2 is 1.77 bits per heavy atom. The first kappa shape index (κ1) is 15.1. The van der Waals surface area contributed by atoms with Crippen molar-refractivity contribution in [2.24, 2.45) is 0 Å². The normalized spacial score (nSPS) is 11.1. The Hall–Kier alpha value is -1.84. The zero-order valence-corrected chi connectivity index (χ0v) is 14.0. The van der Waals surface area contributed by atoms with E-state index in [0.717, 1.165) is 15.8 Å². The highest BCUT2D eigenvalue weighted by atomic mass is 35.5. The van der Waals surface area contributed by atoms with Gasteiger partial charge >= 0.3 is 0 Å². The molecule has 0 saturated heterocycles. The maximum Gasteiger partial charge on any atom is 0.267 e. The van der Waals surface area contributed by atoms with Gasteiger partial charge in [-0.25, -0.2) is 0 Å². The average molecular weight is 330 g/mol. The standard InChI is InChI=1S/C18H16ClNOS/c1-11(2)12-7-9-13(10-8-12)20-18(21)17-16(19)14-5-3-4-6-15(14)22-17/h3-11H,1-2H3,(H,20,21). The molecular formula is C18H16ClNOS. The van der Waals surface area contributed by atoms with Crippen molar-refractivity contribution in [3.05, 3.63) is 64.0 Å². The van der Waals surface area contributed by atoms with Crippen molar-refractivity contribution in [2.75, 3.05) is 5.32 Å². The molecule has 22 heavy (non-hydrogen) atoms. The lowest BCUT2D eigenvalue weighted by molar-refractivity contribution is 0.103. The van der Waals surface area contributed by atoms with Crippen LogP contribution in [0.4, 0.5) is 5.69 Å². The number of hydrogen-bond acceptors (Lipinski definition) is 2. The summed E-state index contributed by atoms with van der Waals surface area (Å²) in [6.07, 6.45) is 0. The van der Waals surface area contributed by atoms with Gasteiger partial charge in [-0.05, 0) is 29.7 Å². The summed E-state index contributed by atoms with van der Waals surface area (Å²) in [7, 11) is 0. The molecule has 3 aromatic rings. The first-order valence-corrected chi connectivity index (χ1v) is 8.34. The van der Waals surface area contributed by atoms with Crippen molar-refractivity contribution in [2.45, 2.75) is 19.8 Å². The molecule has 4 heteroatoms. The number of thiophene rings is 1. The second-order valence-electron chi connectivity index (χ2n) is 5.47. The highest BCUT2D eigenvalue weighted by molar-refractivity contribution is 7.21. The lowest BCUT2D eigenvalue weighted by Gasteiger charge is -2.08. The number of carbonyl (C=O) groups is 1. The van der Waals surface area contributed by atoms with Gasteiger partial charge in [0.15, 0.2) is 0 Å². The molecule has 0 fully saturated rings. The quantitative estimate of drug-likeness (QED) is 0.634. The molecule has 2 aromatic carbocycles. The molecule has 0 aliphatic carbocycles. The van der Waals surface area contributed by atoms with E-state index in [2.05, 4.69) is 19.2 Å². The molecule has 0 bridgehead atoms. The third-order valence-corrected chi connectivity index (χ3v) is 5.25. The minimum Gasteiger partial charge on any atom is -0.321 e. The Bertz CT molecular complexity index is 821. The Morgan fingerprint density at radius 1 is 1.09 bits per heavy atom. The maximum absolute atomic E-state index is 12.4. The predicted molar refractivity (Wildman–Crippen MR) is 95.3 cm³/mol. The number of carbonyl (C=O) groups excluding carboxylic acids is 1. The van der Waals surface area contributed by atoms with Crippen molar-refractivity contribution in [1.82, 2.24) is 0 Å². The van der Waals surface area contributed by atoms with E-state index < -0.39 is 0 Å². The Balaban J connectivity index is 1.85. The molecular weight excluding hydrogens is 314 g/mol. The molecule has 0 atom stereocenters. The summed E-state index contributed by atoms with van der Waals surface area (Å²) in [4.78, 5) is 13.0. The molecule has 0 aliphatic rings. The van der Waals surface area contributed by atoms with E-state index in [0.29, 0.717) is 15.8 Å². The lowest BCUT2D eigenvalue weighted by atomic mass is 10.0. The van der Waals surface area contributed by atoms with Gasteiger partial charge in [-0.15, -0.1) is 11.3 Å². The molecule has 0 radical (unpaired) electrons. The zero-order chi connectivity index (χ0) is 15.7. The third-order valence-electron chi connectivity index (χ3n) is 3.58. The van der Waals surface area contributed by atoms with Crippen LogP contribution in [0.25, 0.3) is 10.1 Å². The minimum absolute atomic E-state index is 0.163. The van der Waals surface area contributed by atoms with Crippen LogP contribution >= 0.6 is 22.9 Å². The molecule has 0 aliphatic heterocycles. The Labute approximate surface area is 138 Å². The first-order chi connectivity index (χ1) is 10.6. The fraction of sp³-hybridized carbons (Fsp3) is 0.167. The van der Waals surface area contributed by atoms with Crippen molar-refractivity contribution >= 4 is 44.6 Å². The molecule has 0 unspecified atom stereocenters. The molecule has 1 heterocycles. The molecule has 0 saturated carbocycles. The number of fused-ring (bicyclic) bond motifs is 1. The van der Waals surface area contributed by atoms with Gasteiger partial charge in [-0.2, -0.15) is 0 Å². The fourth-order valence-electron chi connectivity index (χ4n) is 2.30. The second-order valence-corrected chi connectivity index (χ2v) is 6.90. The van der Waals surface area contributed by atoms with Crippen LogP contribution < -0.4 is 5.32 Å². The number of anilines is 1. The van der Waals surface area contributed by atoms with Crippen LogP contribution in [0.15, 0.2) is 48.5 Å². The molecule has 1 aromatic heterocycles. The van der Waals surface area contributed by atoms with Gasteiger partial charge in [0.2, 0.25) is 0 Å². The average Bonchev–Trinajstić information content (AvgIpc) is 2.85.